The third kappa shape index (κ3) is 5.65. The van der Waals surface area contributed by atoms with Gasteiger partial charge in [0, 0.05) is 17.1 Å². The minimum atomic E-state index is -0.913. The first-order valence-electron chi connectivity index (χ1n) is 8.61. The van der Waals surface area contributed by atoms with E-state index < -0.39 is 23.6 Å². The summed E-state index contributed by atoms with van der Waals surface area (Å²) in [6.07, 6.45) is 5.19. The number of rotatable bonds is 6. The van der Waals surface area contributed by atoms with Gasteiger partial charge in [-0.25, -0.2) is 4.79 Å². The number of aliphatic carboxylic acids is 1. The molecule has 2 rings (SSSR count). The van der Waals surface area contributed by atoms with Crippen LogP contribution in [0.3, 0.4) is 0 Å². The Balaban J connectivity index is 2.19. The third-order valence-corrected chi connectivity index (χ3v) is 3.84. The Hall–Kier alpha value is -2.76. The number of carboxylic acids is 1. The molecule has 0 aliphatic rings. The third-order valence-electron chi connectivity index (χ3n) is 3.84. The molecular formula is C20H26N2O4. The van der Waals surface area contributed by atoms with E-state index in [0.29, 0.717) is 6.42 Å². The lowest BCUT2D eigenvalue weighted by Crippen LogP contribution is -2.39. The summed E-state index contributed by atoms with van der Waals surface area (Å²) in [5, 5.41) is 12.9. The fraction of sp³-hybridized carbons (Fsp3) is 0.400. The molecule has 0 fully saturated rings. The zero-order valence-corrected chi connectivity index (χ0v) is 15.6. The Bertz CT molecular complexity index is 801. The fourth-order valence-corrected chi connectivity index (χ4v) is 2.55. The summed E-state index contributed by atoms with van der Waals surface area (Å²) in [6, 6.07) is 7.52. The first-order chi connectivity index (χ1) is 12.2. The molecule has 0 radical (unpaired) electrons. The molecule has 1 heterocycles. The predicted molar refractivity (Wildman–Crippen MR) is 101 cm³/mol. The van der Waals surface area contributed by atoms with E-state index in [1.807, 2.05) is 30.5 Å². The average molecular weight is 358 g/mol. The Labute approximate surface area is 153 Å². The number of fused-ring (bicyclic) bond motifs is 1. The van der Waals surface area contributed by atoms with Gasteiger partial charge in [0.1, 0.15) is 5.60 Å². The van der Waals surface area contributed by atoms with Crippen molar-refractivity contribution in [1.82, 2.24) is 10.3 Å². The van der Waals surface area contributed by atoms with Crippen molar-refractivity contribution in [3.05, 3.63) is 48.2 Å². The molecule has 0 aliphatic carbocycles. The molecule has 1 aromatic carbocycles. The van der Waals surface area contributed by atoms with Crippen molar-refractivity contribution < 1.29 is 19.4 Å². The van der Waals surface area contributed by atoms with Crippen LogP contribution in [0.2, 0.25) is 0 Å². The molecule has 0 bridgehead atoms. The zero-order valence-electron chi connectivity index (χ0n) is 15.6. The monoisotopic (exact) mass is 358 g/mol. The number of hydrogen-bond acceptors (Lipinski definition) is 3. The van der Waals surface area contributed by atoms with E-state index in [1.165, 1.54) is 0 Å². The zero-order chi connectivity index (χ0) is 19.3. The van der Waals surface area contributed by atoms with Gasteiger partial charge in [0.2, 0.25) is 0 Å². The van der Waals surface area contributed by atoms with Crippen molar-refractivity contribution >= 4 is 23.0 Å². The Morgan fingerprint density at radius 1 is 1.27 bits per heavy atom. The lowest BCUT2D eigenvalue weighted by Gasteiger charge is -2.22. The molecule has 0 aliphatic heterocycles. The summed E-state index contributed by atoms with van der Waals surface area (Å²) >= 11 is 0. The highest BCUT2D eigenvalue weighted by Crippen LogP contribution is 2.20. The van der Waals surface area contributed by atoms with Crippen molar-refractivity contribution in [3.8, 4) is 0 Å². The molecule has 2 unspecified atom stereocenters. The summed E-state index contributed by atoms with van der Waals surface area (Å²) in [6.45, 7) is 6.98. The largest absolute Gasteiger partial charge is 0.481 e. The van der Waals surface area contributed by atoms with Gasteiger partial charge in [-0.1, -0.05) is 30.4 Å². The molecule has 2 atom stereocenters. The number of aromatic amines is 1. The summed E-state index contributed by atoms with van der Waals surface area (Å²) in [5.41, 5.74) is 1.45. The van der Waals surface area contributed by atoms with E-state index in [-0.39, 0.29) is 6.04 Å². The second-order valence-electron chi connectivity index (χ2n) is 7.33. The first kappa shape index (κ1) is 19.6. The number of aromatic nitrogens is 1. The number of carboxylic acid groups (broad SMARTS) is 1. The van der Waals surface area contributed by atoms with Gasteiger partial charge < -0.3 is 20.1 Å². The minimum absolute atomic E-state index is 0.383. The molecule has 26 heavy (non-hydrogen) atoms. The lowest BCUT2D eigenvalue weighted by atomic mass is 10.0. The average Bonchev–Trinajstić information content (AvgIpc) is 2.93. The van der Waals surface area contributed by atoms with Crippen LogP contribution < -0.4 is 5.32 Å². The summed E-state index contributed by atoms with van der Waals surface area (Å²) in [7, 11) is 0. The van der Waals surface area contributed by atoms with Crippen molar-refractivity contribution in [2.24, 2.45) is 5.92 Å². The first-order valence-corrected chi connectivity index (χ1v) is 8.61. The second-order valence-corrected chi connectivity index (χ2v) is 7.33. The van der Waals surface area contributed by atoms with Gasteiger partial charge in [0.15, 0.2) is 0 Å². The summed E-state index contributed by atoms with van der Waals surface area (Å²) in [4.78, 5) is 26.4. The highest BCUT2D eigenvalue weighted by atomic mass is 16.6. The molecule has 0 saturated carbocycles. The van der Waals surface area contributed by atoms with E-state index >= 15 is 0 Å². The van der Waals surface area contributed by atoms with E-state index in [1.54, 1.807) is 39.8 Å². The van der Waals surface area contributed by atoms with Gasteiger partial charge >= 0.3 is 12.1 Å². The molecule has 6 heteroatoms. The lowest BCUT2D eigenvalue weighted by molar-refractivity contribution is -0.139. The Kier molecular flexibility index (Phi) is 6.08. The molecule has 6 nitrogen and oxygen atoms in total. The van der Waals surface area contributed by atoms with Gasteiger partial charge in [0.05, 0.1) is 12.0 Å². The Morgan fingerprint density at radius 2 is 1.96 bits per heavy atom. The van der Waals surface area contributed by atoms with Crippen molar-refractivity contribution in [2.45, 2.75) is 45.8 Å². The van der Waals surface area contributed by atoms with Gasteiger partial charge in [-0.05, 0) is 45.7 Å². The minimum Gasteiger partial charge on any atom is -0.481 e. The quantitative estimate of drug-likeness (QED) is 0.683. The standard InChI is InChI=1S/C20H26N2O4/c1-13(18(23)24)9-10-15(22-19(25)26-20(2,3)4)11-14-12-21-17-8-6-5-7-16(14)17/h5-10,12-13,15,21H,11H2,1-4H3,(H,22,25)(H,23,24). The van der Waals surface area contributed by atoms with Crippen LogP contribution in [0.1, 0.15) is 33.3 Å². The smallest absolute Gasteiger partial charge is 0.408 e. The van der Waals surface area contributed by atoms with Gasteiger partial charge in [-0.15, -0.1) is 0 Å². The van der Waals surface area contributed by atoms with Gasteiger partial charge in [-0.3, -0.25) is 4.79 Å². The Morgan fingerprint density at radius 3 is 2.62 bits per heavy atom. The second kappa shape index (κ2) is 8.08. The van der Waals surface area contributed by atoms with Crippen LogP contribution in [-0.4, -0.2) is 33.8 Å². The van der Waals surface area contributed by atoms with Crippen LogP contribution in [0.4, 0.5) is 4.79 Å². The number of nitrogens with one attached hydrogen (secondary N) is 2. The number of carbonyl (C=O) groups excluding carboxylic acids is 1. The molecule has 3 N–H and O–H groups in total. The van der Waals surface area contributed by atoms with E-state index in [2.05, 4.69) is 10.3 Å². The number of ether oxygens (including phenoxy) is 1. The van der Waals surface area contributed by atoms with Crippen LogP contribution in [-0.2, 0) is 16.0 Å². The SMILES string of the molecule is CC(C=CC(Cc1c[nH]c2ccccc12)NC(=O)OC(C)(C)C)C(=O)O. The molecule has 2 aromatic rings. The number of alkyl carbamates (subject to hydrolysis) is 1. The maximum absolute atomic E-state index is 12.1. The molecule has 140 valence electrons. The number of para-hydroxylation sites is 1. The number of H-pyrrole nitrogens is 1. The number of hydrogen-bond donors (Lipinski definition) is 3. The van der Waals surface area contributed by atoms with Crippen LogP contribution in [0.5, 0.6) is 0 Å². The fourth-order valence-electron chi connectivity index (χ4n) is 2.55. The maximum Gasteiger partial charge on any atom is 0.408 e. The van der Waals surface area contributed by atoms with Crippen LogP contribution in [0.15, 0.2) is 42.6 Å². The predicted octanol–water partition coefficient (Wildman–Crippen LogP) is 3.88. The van der Waals surface area contributed by atoms with Crippen LogP contribution >= 0.6 is 0 Å². The number of benzene rings is 1. The highest BCUT2D eigenvalue weighted by molar-refractivity contribution is 5.83. The van der Waals surface area contributed by atoms with Crippen LogP contribution in [0, 0.1) is 5.92 Å². The van der Waals surface area contributed by atoms with E-state index in [9.17, 15) is 9.59 Å². The van der Waals surface area contributed by atoms with Crippen LogP contribution in [0.25, 0.3) is 10.9 Å². The maximum atomic E-state index is 12.1. The van der Waals surface area contributed by atoms with Crippen molar-refractivity contribution in [3.63, 3.8) is 0 Å². The van der Waals surface area contributed by atoms with Crippen molar-refractivity contribution in [2.75, 3.05) is 0 Å². The molecule has 1 amide bonds. The number of amides is 1. The number of carbonyl (C=O) groups is 2. The van der Waals surface area contributed by atoms with Gasteiger partial charge in [0.25, 0.3) is 0 Å². The molecule has 0 spiro atoms. The van der Waals surface area contributed by atoms with Gasteiger partial charge in [-0.2, -0.15) is 0 Å². The molecular weight excluding hydrogens is 332 g/mol. The topological polar surface area (TPSA) is 91.4 Å². The van der Waals surface area contributed by atoms with Crippen molar-refractivity contribution in [1.29, 1.82) is 0 Å². The summed E-state index contributed by atoms with van der Waals surface area (Å²) < 4.78 is 5.32. The summed E-state index contributed by atoms with van der Waals surface area (Å²) in [5.74, 6) is -1.55. The van der Waals surface area contributed by atoms with E-state index in [0.717, 1.165) is 16.5 Å². The highest BCUT2D eigenvalue weighted by Gasteiger charge is 2.20. The normalized spacial score (nSPS) is 14.3. The molecule has 1 aromatic heterocycles. The molecule has 0 saturated heterocycles. The van der Waals surface area contributed by atoms with E-state index in [4.69, 9.17) is 9.84 Å².